The van der Waals surface area contributed by atoms with Crippen LogP contribution in [0.15, 0.2) is 22.9 Å². The Morgan fingerprint density at radius 3 is 1.74 bits per heavy atom. The van der Waals surface area contributed by atoms with E-state index in [4.69, 9.17) is 10.2 Å². The topological polar surface area (TPSA) is 118 Å². The fraction of sp³-hybridized carbons (Fsp3) is 0.625. The molecule has 0 spiro atoms. The molecule has 0 aromatic rings. The van der Waals surface area contributed by atoms with E-state index in [-0.39, 0.29) is 25.2 Å². The van der Waals surface area contributed by atoms with Crippen molar-refractivity contribution in [2.24, 2.45) is 0 Å². The Morgan fingerprint density at radius 1 is 0.870 bits per heavy atom. The number of carboxylic acid groups (broad SMARTS) is 2. The molecule has 0 saturated heterocycles. The number of allylic oxidation sites excluding steroid dienone is 3. The average molecular weight is 329 g/mol. The van der Waals surface area contributed by atoms with E-state index in [1.165, 1.54) is 0 Å². The number of hydrogen-bond donors (Lipinski definition) is 4. The molecule has 132 valence electrons. The van der Waals surface area contributed by atoms with E-state index in [0.717, 1.165) is 12.1 Å². The van der Waals surface area contributed by atoms with Crippen molar-refractivity contribution >= 4 is 11.9 Å². The molecule has 0 aromatic carbocycles. The van der Waals surface area contributed by atoms with Crippen LogP contribution in [0.5, 0.6) is 0 Å². The summed E-state index contributed by atoms with van der Waals surface area (Å²) in [6.07, 6.45) is 4.82. The van der Waals surface area contributed by atoms with Gasteiger partial charge in [-0.05, 0) is 50.2 Å². The summed E-state index contributed by atoms with van der Waals surface area (Å²) in [5.41, 5.74) is 0.410. The maximum atomic E-state index is 11.3. The Labute approximate surface area is 136 Å². The molecule has 7 nitrogen and oxygen atoms in total. The first-order valence-electron chi connectivity index (χ1n) is 7.64. The van der Waals surface area contributed by atoms with E-state index >= 15 is 0 Å². The first-order chi connectivity index (χ1) is 10.8. The fourth-order valence-corrected chi connectivity index (χ4v) is 2.11. The van der Waals surface area contributed by atoms with Crippen molar-refractivity contribution in [3.05, 3.63) is 22.9 Å². The minimum atomic E-state index is -1.47. The first-order valence-corrected chi connectivity index (χ1v) is 7.64. The summed E-state index contributed by atoms with van der Waals surface area (Å²) in [7, 11) is 3.61. The largest absolute Gasteiger partial charge is 0.477 e. The van der Waals surface area contributed by atoms with Gasteiger partial charge >= 0.3 is 11.9 Å². The first kappa shape index (κ1) is 21.1. The lowest BCUT2D eigenvalue weighted by Gasteiger charge is -2.19. The van der Waals surface area contributed by atoms with Crippen LogP contribution in [0, 0.1) is 0 Å². The zero-order chi connectivity index (χ0) is 17.8. The summed E-state index contributed by atoms with van der Waals surface area (Å²) in [4.78, 5) is 24.3. The second-order valence-electron chi connectivity index (χ2n) is 5.40. The number of rotatable bonds is 12. The van der Waals surface area contributed by atoms with Crippen LogP contribution in [0.1, 0.15) is 38.5 Å². The minimum absolute atomic E-state index is 0.0243. The molecule has 0 atom stereocenters. The van der Waals surface area contributed by atoms with Gasteiger partial charge in [-0.2, -0.15) is 0 Å². The van der Waals surface area contributed by atoms with Gasteiger partial charge in [0, 0.05) is 33.0 Å². The normalized spacial score (nSPS) is 11.2. The lowest BCUT2D eigenvalue weighted by molar-refractivity contribution is -0.140. The van der Waals surface area contributed by atoms with Crippen molar-refractivity contribution in [2.45, 2.75) is 38.5 Å². The molecule has 0 saturated carbocycles. The highest BCUT2D eigenvalue weighted by atomic mass is 16.4. The van der Waals surface area contributed by atoms with Gasteiger partial charge in [0.2, 0.25) is 0 Å². The number of carbonyl (C=O) groups is 2. The van der Waals surface area contributed by atoms with E-state index in [9.17, 15) is 19.8 Å². The lowest BCUT2D eigenvalue weighted by atomic mass is 9.99. The van der Waals surface area contributed by atoms with Crippen LogP contribution in [-0.4, -0.2) is 64.6 Å². The molecule has 23 heavy (non-hydrogen) atoms. The standard InChI is InChI=1S/C16H27NO6/c1-17(2)13(8-4-6-10-19)11-12(7-3-5-9-18)14(15(20)21)16(22)23/h11,18-19H,3-10H2,1-2H3,(H,20,21)(H,22,23). The molecular weight excluding hydrogens is 302 g/mol. The Morgan fingerprint density at radius 2 is 1.35 bits per heavy atom. The molecule has 0 amide bonds. The Bertz CT molecular complexity index is 437. The average Bonchev–Trinajstić information content (AvgIpc) is 2.45. The van der Waals surface area contributed by atoms with Crippen molar-refractivity contribution < 1.29 is 30.0 Å². The molecule has 0 aliphatic carbocycles. The summed E-state index contributed by atoms with van der Waals surface area (Å²) < 4.78 is 0. The second kappa shape index (κ2) is 11.7. The maximum Gasteiger partial charge on any atom is 0.343 e. The molecule has 7 heteroatoms. The third-order valence-corrected chi connectivity index (χ3v) is 3.36. The van der Waals surface area contributed by atoms with Crippen LogP contribution in [0.3, 0.4) is 0 Å². The van der Waals surface area contributed by atoms with Crippen molar-refractivity contribution in [2.75, 3.05) is 27.3 Å². The van der Waals surface area contributed by atoms with Gasteiger partial charge in [-0.25, -0.2) is 9.59 Å². The minimum Gasteiger partial charge on any atom is -0.477 e. The van der Waals surface area contributed by atoms with Gasteiger partial charge in [-0.3, -0.25) is 0 Å². The van der Waals surface area contributed by atoms with Gasteiger partial charge in [0.15, 0.2) is 0 Å². The number of aliphatic carboxylic acids is 2. The smallest absolute Gasteiger partial charge is 0.343 e. The van der Waals surface area contributed by atoms with Crippen molar-refractivity contribution in [3.63, 3.8) is 0 Å². The Kier molecular flexibility index (Phi) is 10.7. The van der Waals surface area contributed by atoms with Crippen LogP contribution in [0.2, 0.25) is 0 Å². The van der Waals surface area contributed by atoms with Gasteiger partial charge < -0.3 is 25.3 Å². The zero-order valence-corrected chi connectivity index (χ0v) is 13.8. The fourth-order valence-electron chi connectivity index (χ4n) is 2.11. The van der Waals surface area contributed by atoms with Gasteiger partial charge in [0.05, 0.1) is 0 Å². The molecule has 0 aliphatic rings. The van der Waals surface area contributed by atoms with Gasteiger partial charge in [0.25, 0.3) is 0 Å². The predicted molar refractivity (Wildman–Crippen MR) is 85.9 cm³/mol. The summed E-state index contributed by atoms with van der Waals surface area (Å²) in [6.45, 7) is 0.0545. The molecule has 0 heterocycles. The highest BCUT2D eigenvalue weighted by Crippen LogP contribution is 2.20. The van der Waals surface area contributed by atoms with E-state index < -0.39 is 17.5 Å². The number of unbranched alkanes of at least 4 members (excludes halogenated alkanes) is 2. The highest BCUT2D eigenvalue weighted by molar-refractivity contribution is 6.13. The lowest BCUT2D eigenvalue weighted by Crippen LogP contribution is -2.16. The molecular formula is C16H27NO6. The molecule has 0 bridgehead atoms. The van der Waals surface area contributed by atoms with Crippen LogP contribution >= 0.6 is 0 Å². The Hall–Kier alpha value is -1.86. The molecule has 0 aliphatic heterocycles. The zero-order valence-electron chi connectivity index (χ0n) is 13.8. The van der Waals surface area contributed by atoms with Crippen molar-refractivity contribution in [1.82, 2.24) is 4.90 Å². The molecule has 0 unspecified atom stereocenters. The molecule has 4 N–H and O–H groups in total. The molecule has 0 rings (SSSR count). The van der Waals surface area contributed by atoms with Gasteiger partial charge in [-0.1, -0.05) is 0 Å². The number of aliphatic hydroxyl groups is 2. The van der Waals surface area contributed by atoms with E-state index in [0.29, 0.717) is 25.7 Å². The van der Waals surface area contributed by atoms with Crippen molar-refractivity contribution in [1.29, 1.82) is 0 Å². The second-order valence-corrected chi connectivity index (χ2v) is 5.40. The van der Waals surface area contributed by atoms with Gasteiger partial charge in [0.1, 0.15) is 5.57 Å². The quantitative estimate of drug-likeness (QED) is 0.140. The summed E-state index contributed by atoms with van der Waals surface area (Å²) in [5, 5.41) is 36.1. The van der Waals surface area contributed by atoms with Crippen molar-refractivity contribution in [3.8, 4) is 0 Å². The monoisotopic (exact) mass is 329 g/mol. The summed E-state index contributed by atoms with van der Waals surface area (Å²) in [6, 6.07) is 0. The van der Waals surface area contributed by atoms with E-state index in [2.05, 4.69) is 0 Å². The Balaban J connectivity index is 5.60. The predicted octanol–water partition coefficient (Wildman–Crippen LogP) is 1.22. The van der Waals surface area contributed by atoms with Gasteiger partial charge in [-0.15, -0.1) is 0 Å². The number of aliphatic hydroxyl groups excluding tert-OH is 2. The highest BCUT2D eigenvalue weighted by Gasteiger charge is 2.21. The number of carboxylic acids is 2. The maximum absolute atomic E-state index is 11.3. The number of nitrogens with zero attached hydrogens (tertiary/aromatic N) is 1. The molecule has 0 fully saturated rings. The third kappa shape index (κ3) is 8.37. The van der Waals surface area contributed by atoms with Crippen LogP contribution in [0.4, 0.5) is 0 Å². The summed E-state index contributed by atoms with van der Waals surface area (Å²) >= 11 is 0. The van der Waals surface area contributed by atoms with Crippen LogP contribution in [-0.2, 0) is 9.59 Å². The van der Waals surface area contributed by atoms with E-state index in [1.807, 2.05) is 4.90 Å². The van der Waals surface area contributed by atoms with Crippen LogP contribution in [0.25, 0.3) is 0 Å². The number of hydrogen-bond acceptors (Lipinski definition) is 5. The third-order valence-electron chi connectivity index (χ3n) is 3.36. The molecule has 0 radical (unpaired) electrons. The SMILES string of the molecule is CN(C)C(=CC(CCCCO)=C(C(=O)O)C(=O)O)CCCCO. The van der Waals surface area contributed by atoms with Crippen LogP contribution < -0.4 is 0 Å². The van der Waals surface area contributed by atoms with E-state index in [1.54, 1.807) is 20.2 Å². The molecule has 0 aromatic heterocycles. The summed E-state index contributed by atoms with van der Waals surface area (Å²) in [5.74, 6) is -2.94.